The summed E-state index contributed by atoms with van der Waals surface area (Å²) in [4.78, 5) is 4.48. The molecule has 1 atom stereocenters. The molecule has 0 aliphatic rings. The molecule has 1 aromatic heterocycles. The van der Waals surface area contributed by atoms with Gasteiger partial charge in [-0.2, -0.15) is 0 Å². The average Bonchev–Trinajstić information content (AvgIpc) is 2.43. The van der Waals surface area contributed by atoms with Gasteiger partial charge >= 0.3 is 0 Å². The molecule has 1 N–H and O–H groups in total. The van der Waals surface area contributed by atoms with Gasteiger partial charge in [-0.05, 0) is 52.7 Å². The Morgan fingerprint density at radius 3 is 2.68 bits per heavy atom. The Labute approximate surface area is 127 Å². The van der Waals surface area contributed by atoms with Crippen molar-refractivity contribution >= 4 is 27.5 Å². The van der Waals surface area contributed by atoms with Crippen LogP contribution in [-0.4, -0.2) is 11.5 Å². The number of hydrogen-bond donors (Lipinski definition) is 1. The van der Waals surface area contributed by atoms with E-state index in [1.54, 1.807) is 0 Å². The minimum absolute atomic E-state index is 0.0294. The summed E-state index contributed by atoms with van der Waals surface area (Å²) in [7, 11) is 0. The number of hydrogen-bond acceptors (Lipinski definition) is 2. The van der Waals surface area contributed by atoms with Gasteiger partial charge in [0, 0.05) is 15.7 Å². The second-order valence-corrected chi connectivity index (χ2v) is 5.63. The standard InChI is InChI=1S/C15H16BrClN2/c1-2-9-18-15(12-5-3-4-6-13(12)17)14-8-7-11(16)10-19-14/h3-8,10,15,18H,2,9H2,1H3. The first-order chi connectivity index (χ1) is 9.22. The second-order valence-electron chi connectivity index (χ2n) is 4.31. The molecule has 1 aromatic carbocycles. The minimum Gasteiger partial charge on any atom is -0.305 e. The van der Waals surface area contributed by atoms with Gasteiger partial charge in [-0.3, -0.25) is 4.98 Å². The van der Waals surface area contributed by atoms with Gasteiger partial charge in [0.1, 0.15) is 0 Å². The van der Waals surface area contributed by atoms with Crippen LogP contribution in [0.1, 0.15) is 30.6 Å². The Kier molecular flexibility index (Phi) is 5.37. The van der Waals surface area contributed by atoms with E-state index >= 15 is 0 Å². The first-order valence-electron chi connectivity index (χ1n) is 6.31. The molecule has 0 saturated heterocycles. The lowest BCUT2D eigenvalue weighted by Crippen LogP contribution is -2.24. The van der Waals surface area contributed by atoms with Crippen LogP contribution in [0.3, 0.4) is 0 Å². The SMILES string of the molecule is CCCNC(c1ccc(Br)cn1)c1ccccc1Cl. The van der Waals surface area contributed by atoms with Crippen LogP contribution in [0.2, 0.25) is 5.02 Å². The van der Waals surface area contributed by atoms with Gasteiger partial charge in [-0.15, -0.1) is 0 Å². The van der Waals surface area contributed by atoms with E-state index in [4.69, 9.17) is 11.6 Å². The van der Waals surface area contributed by atoms with Crippen LogP contribution in [0, 0.1) is 0 Å². The molecule has 0 aliphatic heterocycles. The number of pyridine rings is 1. The summed E-state index contributed by atoms with van der Waals surface area (Å²) in [6, 6.07) is 11.9. The molecule has 0 aliphatic carbocycles. The summed E-state index contributed by atoms with van der Waals surface area (Å²) < 4.78 is 0.977. The third kappa shape index (κ3) is 3.78. The number of nitrogens with one attached hydrogen (secondary N) is 1. The van der Waals surface area contributed by atoms with Crippen molar-refractivity contribution in [2.75, 3.05) is 6.54 Å². The highest BCUT2D eigenvalue weighted by molar-refractivity contribution is 9.10. The molecule has 0 bridgehead atoms. The first-order valence-corrected chi connectivity index (χ1v) is 7.48. The fourth-order valence-corrected chi connectivity index (χ4v) is 2.41. The lowest BCUT2D eigenvalue weighted by molar-refractivity contribution is 0.586. The number of aromatic nitrogens is 1. The Balaban J connectivity index is 2.35. The Morgan fingerprint density at radius 1 is 1.26 bits per heavy atom. The lowest BCUT2D eigenvalue weighted by Gasteiger charge is -2.19. The van der Waals surface area contributed by atoms with Gasteiger partial charge in [0.05, 0.1) is 11.7 Å². The van der Waals surface area contributed by atoms with Gasteiger partial charge in [0.25, 0.3) is 0 Å². The van der Waals surface area contributed by atoms with Crippen LogP contribution in [0.5, 0.6) is 0 Å². The van der Waals surface area contributed by atoms with Crippen LogP contribution in [0.15, 0.2) is 47.1 Å². The molecule has 4 heteroatoms. The summed E-state index contributed by atoms with van der Waals surface area (Å²) in [5, 5.41) is 4.26. The fourth-order valence-electron chi connectivity index (χ4n) is 1.93. The van der Waals surface area contributed by atoms with Gasteiger partial charge < -0.3 is 5.32 Å². The predicted octanol–water partition coefficient (Wildman–Crippen LogP) is 4.59. The number of benzene rings is 1. The zero-order valence-corrected chi connectivity index (χ0v) is 13.1. The minimum atomic E-state index is 0.0294. The van der Waals surface area contributed by atoms with Gasteiger partial charge in [-0.25, -0.2) is 0 Å². The molecule has 2 rings (SSSR count). The van der Waals surface area contributed by atoms with E-state index in [2.05, 4.69) is 33.2 Å². The van der Waals surface area contributed by atoms with Crippen molar-refractivity contribution in [3.63, 3.8) is 0 Å². The van der Waals surface area contributed by atoms with Gasteiger partial charge in [0.15, 0.2) is 0 Å². The van der Waals surface area contributed by atoms with Crippen LogP contribution < -0.4 is 5.32 Å². The molecular weight excluding hydrogens is 324 g/mol. The van der Waals surface area contributed by atoms with Crippen LogP contribution in [0.25, 0.3) is 0 Å². The van der Waals surface area contributed by atoms with Crippen LogP contribution in [0.4, 0.5) is 0 Å². The highest BCUT2D eigenvalue weighted by Gasteiger charge is 2.17. The van der Waals surface area contributed by atoms with Gasteiger partial charge in [-0.1, -0.05) is 36.7 Å². The van der Waals surface area contributed by atoms with Crippen molar-refractivity contribution in [3.8, 4) is 0 Å². The van der Waals surface area contributed by atoms with Crippen molar-refractivity contribution in [1.29, 1.82) is 0 Å². The molecular formula is C15H16BrClN2. The molecule has 1 heterocycles. The number of halogens is 2. The third-order valence-corrected chi connectivity index (χ3v) is 3.67. The molecule has 19 heavy (non-hydrogen) atoms. The molecule has 2 aromatic rings. The summed E-state index contributed by atoms with van der Waals surface area (Å²) in [6.07, 6.45) is 2.88. The zero-order chi connectivity index (χ0) is 13.7. The van der Waals surface area contributed by atoms with E-state index in [-0.39, 0.29) is 6.04 Å². The van der Waals surface area contributed by atoms with Crippen molar-refractivity contribution in [3.05, 3.63) is 63.3 Å². The van der Waals surface area contributed by atoms with E-state index in [1.165, 1.54) is 0 Å². The quantitative estimate of drug-likeness (QED) is 0.862. The van der Waals surface area contributed by atoms with E-state index in [9.17, 15) is 0 Å². The van der Waals surface area contributed by atoms with Crippen molar-refractivity contribution in [2.24, 2.45) is 0 Å². The molecule has 100 valence electrons. The predicted molar refractivity (Wildman–Crippen MR) is 83.5 cm³/mol. The smallest absolute Gasteiger partial charge is 0.0765 e. The third-order valence-electron chi connectivity index (χ3n) is 2.86. The van der Waals surface area contributed by atoms with E-state index in [0.29, 0.717) is 0 Å². The molecule has 2 nitrogen and oxygen atoms in total. The maximum atomic E-state index is 6.30. The first kappa shape index (κ1) is 14.5. The maximum Gasteiger partial charge on any atom is 0.0765 e. The summed E-state index contributed by atoms with van der Waals surface area (Å²) in [6.45, 7) is 3.07. The largest absolute Gasteiger partial charge is 0.305 e. The van der Waals surface area contributed by atoms with Crippen LogP contribution >= 0.6 is 27.5 Å². The molecule has 0 saturated carbocycles. The highest BCUT2D eigenvalue weighted by Crippen LogP contribution is 2.27. The Morgan fingerprint density at radius 2 is 2.05 bits per heavy atom. The molecule has 0 amide bonds. The van der Waals surface area contributed by atoms with Crippen LogP contribution in [-0.2, 0) is 0 Å². The fraction of sp³-hybridized carbons (Fsp3) is 0.267. The van der Waals surface area contributed by atoms with Crippen molar-refractivity contribution < 1.29 is 0 Å². The van der Waals surface area contributed by atoms with Crippen molar-refractivity contribution in [1.82, 2.24) is 10.3 Å². The number of nitrogens with zero attached hydrogens (tertiary/aromatic N) is 1. The van der Waals surface area contributed by atoms with E-state index in [1.807, 2.05) is 42.6 Å². The van der Waals surface area contributed by atoms with E-state index < -0.39 is 0 Å². The van der Waals surface area contributed by atoms with Crippen molar-refractivity contribution in [2.45, 2.75) is 19.4 Å². The molecule has 0 radical (unpaired) electrons. The summed E-state index contributed by atoms with van der Waals surface area (Å²) >= 11 is 9.71. The average molecular weight is 340 g/mol. The van der Waals surface area contributed by atoms with E-state index in [0.717, 1.165) is 33.7 Å². The normalized spacial score (nSPS) is 12.4. The second kappa shape index (κ2) is 7.04. The number of rotatable bonds is 5. The maximum absolute atomic E-state index is 6.30. The zero-order valence-electron chi connectivity index (χ0n) is 10.7. The topological polar surface area (TPSA) is 24.9 Å². The van der Waals surface area contributed by atoms with Gasteiger partial charge in [0.2, 0.25) is 0 Å². The Bertz CT molecular complexity index is 528. The molecule has 1 unspecified atom stereocenters. The molecule has 0 spiro atoms. The monoisotopic (exact) mass is 338 g/mol. The lowest BCUT2D eigenvalue weighted by atomic mass is 10.0. The summed E-state index contributed by atoms with van der Waals surface area (Å²) in [5.41, 5.74) is 2.04. The Hall–Kier alpha value is -0.900. The molecule has 0 fully saturated rings. The highest BCUT2D eigenvalue weighted by atomic mass is 79.9. The summed E-state index contributed by atoms with van der Waals surface area (Å²) in [5.74, 6) is 0.